The first-order chi connectivity index (χ1) is 5.33. The first kappa shape index (κ1) is 8.20. The predicted octanol–water partition coefficient (Wildman–Crippen LogP) is 1.32. The molecule has 0 unspecified atom stereocenters. The average Bonchev–Trinajstić information content (AvgIpc) is 2.40. The van der Waals surface area contributed by atoms with Crippen molar-refractivity contribution in [3.63, 3.8) is 0 Å². The molecule has 0 aliphatic heterocycles. The molecule has 1 heterocycles. The van der Waals surface area contributed by atoms with Gasteiger partial charge >= 0.3 is 0 Å². The van der Waals surface area contributed by atoms with Crippen molar-refractivity contribution in [3.8, 4) is 0 Å². The highest BCUT2D eigenvalue weighted by molar-refractivity contribution is 7.80. The number of H-pyrrole nitrogens is 1. The molecule has 0 aliphatic carbocycles. The summed E-state index contributed by atoms with van der Waals surface area (Å²) in [5.41, 5.74) is 0.989. The second kappa shape index (κ2) is 4.08. The Bertz CT molecular complexity index is 220. The normalized spacial score (nSPS) is 9.55. The molecular formula is C7H10N2OS. The van der Waals surface area contributed by atoms with Gasteiger partial charge in [-0.2, -0.15) is 0 Å². The zero-order valence-electron chi connectivity index (χ0n) is 6.33. The Morgan fingerprint density at radius 2 is 2.64 bits per heavy atom. The van der Waals surface area contributed by atoms with Crippen LogP contribution in [-0.2, 0) is 11.2 Å². The van der Waals surface area contributed by atoms with Crippen LogP contribution in [-0.4, -0.2) is 21.6 Å². The van der Waals surface area contributed by atoms with Crippen LogP contribution in [0.4, 0.5) is 0 Å². The van der Waals surface area contributed by atoms with Crippen molar-refractivity contribution >= 4 is 17.3 Å². The van der Waals surface area contributed by atoms with Gasteiger partial charge in [-0.15, -0.1) is 0 Å². The minimum absolute atomic E-state index is 0.608. The molecule has 0 aromatic carbocycles. The number of imidazole rings is 1. The van der Waals surface area contributed by atoms with Crippen LogP contribution in [0.2, 0.25) is 0 Å². The third-order valence-corrected chi connectivity index (χ3v) is 1.46. The number of thiocarbonyl (C=S) groups is 1. The van der Waals surface area contributed by atoms with Crippen LogP contribution in [0.15, 0.2) is 12.5 Å². The molecule has 3 nitrogen and oxygen atoms in total. The molecule has 0 atom stereocenters. The lowest BCUT2D eigenvalue weighted by Crippen LogP contribution is -2.04. The second-order valence-corrected chi connectivity index (χ2v) is 2.51. The van der Waals surface area contributed by atoms with E-state index in [0.29, 0.717) is 18.1 Å². The Kier molecular flexibility index (Phi) is 3.04. The summed E-state index contributed by atoms with van der Waals surface area (Å²) in [5, 5.41) is 0.608. The maximum Gasteiger partial charge on any atom is 0.165 e. The molecule has 1 aromatic heterocycles. The number of nitrogens with one attached hydrogen (secondary N) is 1. The first-order valence-electron chi connectivity index (χ1n) is 3.45. The van der Waals surface area contributed by atoms with Crippen LogP contribution < -0.4 is 0 Å². The van der Waals surface area contributed by atoms with Gasteiger partial charge in [-0.3, -0.25) is 0 Å². The SMILES string of the molecule is CCOC(=S)Cc1cnc[nH]1. The van der Waals surface area contributed by atoms with Crippen LogP contribution in [0, 0.1) is 0 Å². The molecule has 0 bridgehead atoms. The molecule has 4 heteroatoms. The Labute approximate surface area is 70.8 Å². The summed E-state index contributed by atoms with van der Waals surface area (Å²) in [6, 6.07) is 0. The Balaban J connectivity index is 2.37. The van der Waals surface area contributed by atoms with Gasteiger partial charge in [0, 0.05) is 11.9 Å². The van der Waals surface area contributed by atoms with Gasteiger partial charge in [0.2, 0.25) is 0 Å². The van der Waals surface area contributed by atoms with E-state index < -0.39 is 0 Å². The summed E-state index contributed by atoms with van der Waals surface area (Å²) in [6.07, 6.45) is 4.01. The highest BCUT2D eigenvalue weighted by atomic mass is 32.1. The lowest BCUT2D eigenvalue weighted by Gasteiger charge is -2.01. The Hall–Kier alpha value is -0.900. The highest BCUT2D eigenvalue weighted by Crippen LogP contribution is 1.96. The van der Waals surface area contributed by atoms with E-state index in [1.54, 1.807) is 12.5 Å². The van der Waals surface area contributed by atoms with Crippen molar-refractivity contribution in [3.05, 3.63) is 18.2 Å². The summed E-state index contributed by atoms with van der Waals surface area (Å²) in [4.78, 5) is 6.81. The third kappa shape index (κ3) is 2.67. The minimum atomic E-state index is 0.608. The van der Waals surface area contributed by atoms with Crippen molar-refractivity contribution in [1.29, 1.82) is 0 Å². The van der Waals surface area contributed by atoms with E-state index in [1.165, 1.54) is 0 Å². The Morgan fingerprint density at radius 3 is 3.18 bits per heavy atom. The zero-order valence-corrected chi connectivity index (χ0v) is 7.15. The number of hydrogen-bond acceptors (Lipinski definition) is 3. The van der Waals surface area contributed by atoms with E-state index in [-0.39, 0.29) is 0 Å². The van der Waals surface area contributed by atoms with Gasteiger partial charge in [0.1, 0.15) is 0 Å². The molecule has 0 spiro atoms. The molecule has 0 saturated carbocycles. The quantitative estimate of drug-likeness (QED) is 0.695. The fraction of sp³-hybridized carbons (Fsp3) is 0.429. The van der Waals surface area contributed by atoms with Crippen LogP contribution >= 0.6 is 12.2 Å². The molecule has 11 heavy (non-hydrogen) atoms. The highest BCUT2D eigenvalue weighted by Gasteiger charge is 1.99. The van der Waals surface area contributed by atoms with Gasteiger partial charge in [-0.05, 0) is 19.1 Å². The maximum absolute atomic E-state index is 5.10. The largest absolute Gasteiger partial charge is 0.487 e. The van der Waals surface area contributed by atoms with Crippen LogP contribution in [0.25, 0.3) is 0 Å². The first-order valence-corrected chi connectivity index (χ1v) is 3.86. The zero-order chi connectivity index (χ0) is 8.10. The van der Waals surface area contributed by atoms with E-state index in [4.69, 9.17) is 17.0 Å². The van der Waals surface area contributed by atoms with Gasteiger partial charge in [0.05, 0.1) is 19.4 Å². The lowest BCUT2D eigenvalue weighted by atomic mass is 10.3. The van der Waals surface area contributed by atoms with E-state index in [9.17, 15) is 0 Å². The number of ether oxygens (including phenoxy) is 1. The van der Waals surface area contributed by atoms with E-state index in [0.717, 1.165) is 5.69 Å². The van der Waals surface area contributed by atoms with E-state index in [1.807, 2.05) is 6.92 Å². The monoisotopic (exact) mass is 170 g/mol. The maximum atomic E-state index is 5.10. The molecule has 0 fully saturated rings. The van der Waals surface area contributed by atoms with Crippen molar-refractivity contribution in [2.75, 3.05) is 6.61 Å². The van der Waals surface area contributed by atoms with Gasteiger partial charge < -0.3 is 9.72 Å². The van der Waals surface area contributed by atoms with Crippen LogP contribution in [0.1, 0.15) is 12.6 Å². The molecule has 0 radical (unpaired) electrons. The summed E-state index contributed by atoms with van der Waals surface area (Å²) in [6.45, 7) is 2.55. The van der Waals surface area contributed by atoms with Gasteiger partial charge in [-0.25, -0.2) is 4.98 Å². The predicted molar refractivity (Wildman–Crippen MR) is 46.5 cm³/mol. The van der Waals surface area contributed by atoms with Crippen LogP contribution in [0.5, 0.6) is 0 Å². The van der Waals surface area contributed by atoms with Gasteiger partial charge in [0.15, 0.2) is 5.05 Å². The molecule has 0 amide bonds. The van der Waals surface area contributed by atoms with E-state index >= 15 is 0 Å². The van der Waals surface area contributed by atoms with Crippen molar-refractivity contribution in [2.45, 2.75) is 13.3 Å². The average molecular weight is 170 g/mol. The summed E-state index contributed by atoms with van der Waals surface area (Å²) in [5.74, 6) is 0. The summed E-state index contributed by atoms with van der Waals surface area (Å²) in [7, 11) is 0. The van der Waals surface area contributed by atoms with E-state index in [2.05, 4.69) is 9.97 Å². The number of rotatable bonds is 3. The minimum Gasteiger partial charge on any atom is -0.487 e. The summed E-state index contributed by atoms with van der Waals surface area (Å²) < 4.78 is 5.10. The standard InChI is InChI=1S/C7H10N2OS/c1-2-10-7(11)3-6-4-8-5-9-6/h4-5H,2-3H2,1H3,(H,8,9). The topological polar surface area (TPSA) is 37.9 Å². The number of aromatic amines is 1. The van der Waals surface area contributed by atoms with Gasteiger partial charge in [-0.1, -0.05) is 0 Å². The molecule has 1 N–H and O–H groups in total. The number of nitrogens with zero attached hydrogens (tertiary/aromatic N) is 1. The molecular weight excluding hydrogens is 160 g/mol. The van der Waals surface area contributed by atoms with Crippen molar-refractivity contribution < 1.29 is 4.74 Å². The number of hydrogen-bond donors (Lipinski definition) is 1. The fourth-order valence-electron chi connectivity index (χ4n) is 0.749. The Morgan fingerprint density at radius 1 is 1.82 bits per heavy atom. The van der Waals surface area contributed by atoms with Gasteiger partial charge in [0.25, 0.3) is 0 Å². The van der Waals surface area contributed by atoms with Crippen molar-refractivity contribution in [2.24, 2.45) is 0 Å². The number of aromatic nitrogens is 2. The molecule has 60 valence electrons. The smallest absolute Gasteiger partial charge is 0.165 e. The second-order valence-electron chi connectivity index (χ2n) is 2.06. The fourth-order valence-corrected chi connectivity index (χ4v) is 1.02. The summed E-state index contributed by atoms with van der Waals surface area (Å²) >= 11 is 4.93. The lowest BCUT2D eigenvalue weighted by molar-refractivity contribution is 0.329. The molecule has 0 aliphatic rings. The third-order valence-electron chi connectivity index (χ3n) is 1.19. The van der Waals surface area contributed by atoms with Crippen molar-refractivity contribution in [1.82, 2.24) is 9.97 Å². The molecule has 1 rings (SSSR count). The molecule has 0 saturated heterocycles. The van der Waals surface area contributed by atoms with Crippen LogP contribution in [0.3, 0.4) is 0 Å². The molecule has 1 aromatic rings.